The molecule has 152 valence electrons. The SMILES string of the molecule is CC(C)C(Nc1nc(N(C)C)[nH]c(=O)c1C(=N)CO)c1ccc(C(F)F)cc1. The Kier molecular flexibility index (Phi) is 6.85. The summed E-state index contributed by atoms with van der Waals surface area (Å²) in [5.41, 5.74) is -0.191. The fourth-order valence-corrected chi connectivity index (χ4v) is 2.77. The van der Waals surface area contributed by atoms with Crippen LogP contribution in [0.4, 0.5) is 20.5 Å². The number of H-pyrrole nitrogens is 1. The molecule has 7 nitrogen and oxygen atoms in total. The van der Waals surface area contributed by atoms with Gasteiger partial charge in [-0.3, -0.25) is 9.78 Å². The molecule has 0 radical (unpaired) electrons. The van der Waals surface area contributed by atoms with Crippen molar-refractivity contribution in [1.82, 2.24) is 9.97 Å². The second-order valence-electron chi connectivity index (χ2n) is 6.98. The Bertz CT molecular complexity index is 879. The van der Waals surface area contributed by atoms with Crippen LogP contribution in [0.3, 0.4) is 0 Å². The second kappa shape index (κ2) is 8.92. The number of nitrogens with one attached hydrogen (secondary N) is 3. The van der Waals surface area contributed by atoms with Crippen LogP contribution in [0.1, 0.15) is 43.0 Å². The van der Waals surface area contributed by atoms with Crippen LogP contribution in [0.15, 0.2) is 29.1 Å². The topological polar surface area (TPSA) is 105 Å². The van der Waals surface area contributed by atoms with Crippen molar-refractivity contribution in [2.75, 3.05) is 30.9 Å². The Morgan fingerprint density at radius 3 is 2.29 bits per heavy atom. The van der Waals surface area contributed by atoms with Crippen LogP contribution in [0, 0.1) is 11.3 Å². The van der Waals surface area contributed by atoms with E-state index in [9.17, 15) is 18.7 Å². The second-order valence-corrected chi connectivity index (χ2v) is 6.98. The number of aliphatic hydroxyl groups is 1. The highest BCUT2D eigenvalue weighted by atomic mass is 19.3. The predicted octanol–water partition coefficient (Wildman–Crippen LogP) is 2.94. The lowest BCUT2D eigenvalue weighted by molar-refractivity contribution is 0.151. The summed E-state index contributed by atoms with van der Waals surface area (Å²) >= 11 is 0. The summed E-state index contributed by atoms with van der Waals surface area (Å²) in [7, 11) is 3.42. The van der Waals surface area contributed by atoms with Crippen molar-refractivity contribution in [3.63, 3.8) is 0 Å². The first-order chi connectivity index (χ1) is 13.1. The molecular weight excluding hydrogens is 368 g/mol. The largest absolute Gasteiger partial charge is 0.390 e. The monoisotopic (exact) mass is 393 g/mol. The first-order valence-electron chi connectivity index (χ1n) is 8.80. The summed E-state index contributed by atoms with van der Waals surface area (Å²) in [6.45, 7) is 3.27. The third-order valence-electron chi connectivity index (χ3n) is 4.30. The molecule has 0 fully saturated rings. The number of aromatic amines is 1. The zero-order chi connectivity index (χ0) is 21.0. The van der Waals surface area contributed by atoms with Crippen molar-refractivity contribution < 1.29 is 13.9 Å². The Balaban J connectivity index is 2.51. The third-order valence-corrected chi connectivity index (χ3v) is 4.30. The highest BCUT2D eigenvalue weighted by molar-refractivity contribution is 6.02. The zero-order valence-electron chi connectivity index (χ0n) is 16.3. The van der Waals surface area contributed by atoms with Crippen molar-refractivity contribution in [1.29, 1.82) is 5.41 Å². The Hall–Kier alpha value is -2.81. The number of rotatable bonds is 8. The van der Waals surface area contributed by atoms with E-state index in [1.807, 2.05) is 13.8 Å². The van der Waals surface area contributed by atoms with Crippen LogP contribution in [0.2, 0.25) is 0 Å². The first kappa shape index (κ1) is 21.5. The molecule has 1 unspecified atom stereocenters. The molecule has 2 aromatic rings. The highest BCUT2D eigenvalue weighted by Gasteiger charge is 2.22. The molecule has 4 N–H and O–H groups in total. The maximum atomic E-state index is 12.8. The van der Waals surface area contributed by atoms with E-state index < -0.39 is 18.6 Å². The molecular formula is C19H25F2N5O2. The molecule has 9 heteroatoms. The molecule has 1 aromatic carbocycles. The smallest absolute Gasteiger partial charge is 0.263 e. The van der Waals surface area contributed by atoms with Gasteiger partial charge < -0.3 is 20.7 Å². The van der Waals surface area contributed by atoms with Crippen LogP contribution in [-0.2, 0) is 0 Å². The number of alkyl halides is 2. The standard InChI is InChI=1S/C19H25F2N5O2/c1-10(2)15(11-5-7-12(8-6-11)16(20)21)23-17-14(13(22)9-27)18(28)25-19(24-17)26(3)4/h5-8,10,15-16,22,27H,9H2,1-4H3,(H2,23,24,25,28). The van der Waals surface area contributed by atoms with Crippen LogP contribution in [0.25, 0.3) is 0 Å². The molecule has 0 aliphatic carbocycles. The molecule has 0 bridgehead atoms. The van der Waals surface area contributed by atoms with Gasteiger partial charge in [-0.05, 0) is 11.5 Å². The maximum absolute atomic E-state index is 12.8. The van der Waals surface area contributed by atoms with Gasteiger partial charge in [0.05, 0.1) is 18.4 Å². The molecule has 0 aliphatic heterocycles. The van der Waals surface area contributed by atoms with Gasteiger partial charge in [0.1, 0.15) is 11.4 Å². The molecule has 1 heterocycles. The van der Waals surface area contributed by atoms with Crippen LogP contribution >= 0.6 is 0 Å². The van der Waals surface area contributed by atoms with Crippen molar-refractivity contribution in [2.45, 2.75) is 26.3 Å². The van der Waals surface area contributed by atoms with E-state index in [1.54, 1.807) is 31.1 Å². The molecule has 1 aromatic heterocycles. The summed E-state index contributed by atoms with van der Waals surface area (Å²) < 4.78 is 25.7. The van der Waals surface area contributed by atoms with Crippen LogP contribution in [0.5, 0.6) is 0 Å². The van der Waals surface area contributed by atoms with Gasteiger partial charge in [0.15, 0.2) is 0 Å². The van der Waals surface area contributed by atoms with E-state index in [1.165, 1.54) is 12.1 Å². The summed E-state index contributed by atoms with van der Waals surface area (Å²) in [6.07, 6.45) is -2.55. The lowest BCUT2D eigenvalue weighted by Crippen LogP contribution is -2.29. The fourth-order valence-electron chi connectivity index (χ4n) is 2.77. The van der Waals surface area contributed by atoms with Crippen molar-refractivity contribution in [3.05, 3.63) is 51.3 Å². The number of anilines is 2. The van der Waals surface area contributed by atoms with E-state index in [0.29, 0.717) is 0 Å². The molecule has 0 amide bonds. The van der Waals surface area contributed by atoms with Crippen molar-refractivity contribution in [2.24, 2.45) is 5.92 Å². The zero-order valence-corrected chi connectivity index (χ0v) is 16.3. The van der Waals surface area contributed by atoms with Gasteiger partial charge in [0, 0.05) is 19.7 Å². The van der Waals surface area contributed by atoms with Gasteiger partial charge in [0.25, 0.3) is 12.0 Å². The first-order valence-corrected chi connectivity index (χ1v) is 8.80. The number of hydrogen-bond donors (Lipinski definition) is 4. The Morgan fingerprint density at radius 2 is 1.82 bits per heavy atom. The summed E-state index contributed by atoms with van der Waals surface area (Å²) in [4.78, 5) is 21.0. The minimum atomic E-state index is -2.55. The maximum Gasteiger partial charge on any atom is 0.263 e. The molecule has 0 aliphatic rings. The van der Waals surface area contributed by atoms with Gasteiger partial charge in [-0.15, -0.1) is 0 Å². The third kappa shape index (κ3) is 4.72. The Morgan fingerprint density at radius 1 is 1.25 bits per heavy atom. The van der Waals surface area contributed by atoms with E-state index in [4.69, 9.17) is 5.41 Å². The minimum Gasteiger partial charge on any atom is -0.390 e. The number of halogens is 2. The molecule has 1 atom stereocenters. The van der Waals surface area contributed by atoms with Crippen LogP contribution in [-0.4, -0.2) is 41.5 Å². The summed E-state index contributed by atoms with van der Waals surface area (Å²) in [5.74, 6) is 0.470. The molecule has 28 heavy (non-hydrogen) atoms. The molecule has 0 spiro atoms. The van der Waals surface area contributed by atoms with E-state index in [-0.39, 0.29) is 40.6 Å². The normalized spacial score (nSPS) is 12.3. The molecule has 2 rings (SSSR count). The van der Waals surface area contributed by atoms with E-state index in [2.05, 4.69) is 15.3 Å². The van der Waals surface area contributed by atoms with Gasteiger partial charge in [0.2, 0.25) is 5.95 Å². The predicted molar refractivity (Wildman–Crippen MR) is 106 cm³/mol. The van der Waals surface area contributed by atoms with Gasteiger partial charge in [-0.1, -0.05) is 38.1 Å². The fraction of sp³-hybridized carbons (Fsp3) is 0.421. The number of nitrogens with zero attached hydrogens (tertiary/aromatic N) is 2. The number of aliphatic hydroxyl groups excluding tert-OH is 1. The van der Waals surface area contributed by atoms with E-state index in [0.717, 1.165) is 5.56 Å². The lowest BCUT2D eigenvalue weighted by Gasteiger charge is -2.25. The van der Waals surface area contributed by atoms with Crippen molar-refractivity contribution in [3.8, 4) is 0 Å². The van der Waals surface area contributed by atoms with Crippen molar-refractivity contribution >= 4 is 17.5 Å². The average Bonchev–Trinajstić information content (AvgIpc) is 2.64. The molecule has 0 saturated carbocycles. The van der Waals surface area contributed by atoms with E-state index >= 15 is 0 Å². The number of hydrogen-bond acceptors (Lipinski definition) is 6. The van der Waals surface area contributed by atoms with Crippen LogP contribution < -0.4 is 15.8 Å². The number of aromatic nitrogens is 2. The van der Waals surface area contributed by atoms with Gasteiger partial charge in [-0.2, -0.15) is 4.98 Å². The number of benzene rings is 1. The average molecular weight is 393 g/mol. The lowest BCUT2D eigenvalue weighted by atomic mass is 9.95. The quantitative estimate of drug-likeness (QED) is 0.516. The Labute approximate surface area is 161 Å². The highest BCUT2D eigenvalue weighted by Crippen LogP contribution is 2.29. The minimum absolute atomic E-state index is 0.0254. The van der Waals surface area contributed by atoms with Gasteiger partial charge in [-0.25, -0.2) is 8.78 Å². The molecule has 0 saturated heterocycles. The summed E-state index contributed by atoms with van der Waals surface area (Å²) in [6, 6.07) is 5.60. The van der Waals surface area contributed by atoms with Gasteiger partial charge >= 0.3 is 0 Å². The summed E-state index contributed by atoms with van der Waals surface area (Å²) in [5, 5.41) is 20.4.